The first kappa shape index (κ1) is 16.8. The number of nitrogens with one attached hydrogen (secondary N) is 2. The summed E-state index contributed by atoms with van der Waals surface area (Å²) in [6.45, 7) is 3.63. The summed E-state index contributed by atoms with van der Waals surface area (Å²) in [6, 6.07) is 12.9. The maximum absolute atomic E-state index is 12.6. The molecule has 0 atom stereocenters. The average Bonchev–Trinajstić information content (AvgIpc) is 3.16. The molecule has 5 nitrogen and oxygen atoms in total. The summed E-state index contributed by atoms with van der Waals surface area (Å²) in [7, 11) is 1.58. The molecule has 5 heteroatoms. The topological polar surface area (TPSA) is 61.4 Å². The molecular formula is C20H21N3O2. The molecule has 0 fully saturated rings. The molecule has 0 unspecified atom stereocenters. The normalized spacial score (nSPS) is 13.0. The Morgan fingerprint density at radius 1 is 0.960 bits per heavy atom. The molecule has 0 aliphatic carbocycles. The van der Waals surface area contributed by atoms with Crippen molar-refractivity contribution in [2.75, 3.05) is 30.4 Å². The van der Waals surface area contributed by atoms with Crippen molar-refractivity contribution in [3.8, 4) is 0 Å². The Labute approximate surface area is 147 Å². The smallest absolute Gasteiger partial charge is 0.255 e. The van der Waals surface area contributed by atoms with Crippen LogP contribution in [0.3, 0.4) is 0 Å². The largest absolute Gasteiger partial charge is 0.364 e. The second-order valence-electron chi connectivity index (χ2n) is 5.95. The SMILES string of the molecule is CNC(=O)c1c(C)cccc1NC(=O)c1ccc(N2CC=CC2)cc1. The molecule has 3 rings (SSSR count). The molecule has 0 radical (unpaired) electrons. The number of carbonyl (C=O) groups is 2. The molecule has 0 bridgehead atoms. The number of anilines is 2. The highest BCUT2D eigenvalue weighted by molar-refractivity contribution is 6.09. The minimum Gasteiger partial charge on any atom is -0.364 e. The van der Waals surface area contributed by atoms with Gasteiger partial charge in [-0.2, -0.15) is 0 Å². The molecular weight excluding hydrogens is 314 g/mol. The Hall–Kier alpha value is -3.08. The van der Waals surface area contributed by atoms with E-state index in [-0.39, 0.29) is 11.8 Å². The quantitative estimate of drug-likeness (QED) is 0.845. The molecule has 2 aromatic rings. The van der Waals surface area contributed by atoms with Crippen LogP contribution in [0.1, 0.15) is 26.3 Å². The minimum atomic E-state index is -0.234. The summed E-state index contributed by atoms with van der Waals surface area (Å²) in [5.41, 5.74) is 3.45. The van der Waals surface area contributed by atoms with Gasteiger partial charge in [-0.15, -0.1) is 0 Å². The Bertz CT molecular complexity index is 817. The van der Waals surface area contributed by atoms with E-state index in [9.17, 15) is 9.59 Å². The zero-order chi connectivity index (χ0) is 17.8. The van der Waals surface area contributed by atoms with E-state index in [0.717, 1.165) is 24.3 Å². The minimum absolute atomic E-state index is 0.217. The third kappa shape index (κ3) is 3.55. The third-order valence-electron chi connectivity index (χ3n) is 4.29. The van der Waals surface area contributed by atoms with E-state index >= 15 is 0 Å². The van der Waals surface area contributed by atoms with Gasteiger partial charge in [-0.25, -0.2) is 0 Å². The molecule has 2 N–H and O–H groups in total. The molecule has 0 aromatic heterocycles. The van der Waals surface area contributed by atoms with Gasteiger partial charge in [-0.05, 0) is 42.8 Å². The predicted molar refractivity (Wildman–Crippen MR) is 100 cm³/mol. The number of aryl methyl sites for hydroxylation is 1. The van der Waals surface area contributed by atoms with Crippen LogP contribution < -0.4 is 15.5 Å². The van der Waals surface area contributed by atoms with E-state index in [4.69, 9.17) is 0 Å². The van der Waals surface area contributed by atoms with E-state index < -0.39 is 0 Å². The zero-order valence-electron chi connectivity index (χ0n) is 14.4. The predicted octanol–water partition coefficient (Wildman–Crippen LogP) is 2.98. The molecule has 2 amide bonds. The Morgan fingerprint density at radius 3 is 2.28 bits per heavy atom. The van der Waals surface area contributed by atoms with Crippen LogP contribution in [-0.4, -0.2) is 32.0 Å². The molecule has 0 saturated carbocycles. The van der Waals surface area contributed by atoms with Crippen molar-refractivity contribution in [2.45, 2.75) is 6.92 Å². The lowest BCUT2D eigenvalue weighted by Gasteiger charge is -2.18. The van der Waals surface area contributed by atoms with Crippen molar-refractivity contribution in [3.63, 3.8) is 0 Å². The maximum Gasteiger partial charge on any atom is 0.255 e. The van der Waals surface area contributed by atoms with Gasteiger partial charge >= 0.3 is 0 Å². The summed E-state index contributed by atoms with van der Waals surface area (Å²) in [5, 5.41) is 5.46. The van der Waals surface area contributed by atoms with Gasteiger partial charge < -0.3 is 15.5 Å². The van der Waals surface area contributed by atoms with Crippen molar-refractivity contribution in [1.29, 1.82) is 0 Å². The molecule has 2 aromatic carbocycles. The second kappa shape index (κ2) is 7.21. The molecule has 25 heavy (non-hydrogen) atoms. The first-order valence-electron chi connectivity index (χ1n) is 8.23. The number of hydrogen-bond acceptors (Lipinski definition) is 3. The van der Waals surface area contributed by atoms with E-state index in [1.54, 1.807) is 25.2 Å². The van der Waals surface area contributed by atoms with Crippen molar-refractivity contribution >= 4 is 23.2 Å². The van der Waals surface area contributed by atoms with Gasteiger partial charge in [0.05, 0.1) is 11.3 Å². The fraction of sp³-hybridized carbons (Fsp3) is 0.200. The number of nitrogens with zero attached hydrogens (tertiary/aromatic N) is 1. The molecule has 128 valence electrons. The van der Waals surface area contributed by atoms with Crippen LogP contribution in [-0.2, 0) is 0 Å². The average molecular weight is 335 g/mol. The third-order valence-corrected chi connectivity index (χ3v) is 4.29. The van der Waals surface area contributed by atoms with E-state index in [2.05, 4.69) is 27.7 Å². The molecule has 1 aliphatic heterocycles. The van der Waals surface area contributed by atoms with Gasteiger partial charge in [0.1, 0.15) is 0 Å². The zero-order valence-corrected chi connectivity index (χ0v) is 14.4. The van der Waals surface area contributed by atoms with Crippen molar-refractivity contribution in [3.05, 3.63) is 71.3 Å². The van der Waals surface area contributed by atoms with Gasteiger partial charge in [-0.3, -0.25) is 9.59 Å². The van der Waals surface area contributed by atoms with Crippen LogP contribution in [0, 0.1) is 6.92 Å². The monoisotopic (exact) mass is 335 g/mol. The van der Waals surface area contributed by atoms with Gasteiger partial charge in [0, 0.05) is 31.4 Å². The summed E-state index contributed by atoms with van der Waals surface area (Å²) in [6.07, 6.45) is 4.25. The molecule has 0 saturated heterocycles. The first-order valence-corrected chi connectivity index (χ1v) is 8.23. The van der Waals surface area contributed by atoms with Crippen molar-refractivity contribution in [2.24, 2.45) is 0 Å². The number of benzene rings is 2. The van der Waals surface area contributed by atoms with Gasteiger partial charge in [0.25, 0.3) is 11.8 Å². The van der Waals surface area contributed by atoms with Crippen LogP contribution in [0.5, 0.6) is 0 Å². The number of carbonyl (C=O) groups excluding carboxylic acids is 2. The summed E-state index contributed by atoms with van der Waals surface area (Å²) in [5.74, 6) is -0.452. The lowest BCUT2D eigenvalue weighted by atomic mass is 10.1. The summed E-state index contributed by atoms with van der Waals surface area (Å²) >= 11 is 0. The van der Waals surface area contributed by atoms with Crippen LogP contribution in [0.4, 0.5) is 11.4 Å². The fourth-order valence-corrected chi connectivity index (χ4v) is 2.91. The lowest BCUT2D eigenvalue weighted by Crippen LogP contribution is -2.22. The Balaban J connectivity index is 1.78. The van der Waals surface area contributed by atoms with E-state index in [0.29, 0.717) is 16.8 Å². The van der Waals surface area contributed by atoms with Crippen LogP contribution >= 0.6 is 0 Å². The van der Waals surface area contributed by atoms with E-state index in [1.807, 2.05) is 31.2 Å². The van der Waals surface area contributed by atoms with E-state index in [1.165, 1.54) is 0 Å². The summed E-state index contributed by atoms with van der Waals surface area (Å²) < 4.78 is 0. The highest BCUT2D eigenvalue weighted by Crippen LogP contribution is 2.22. The van der Waals surface area contributed by atoms with Crippen LogP contribution in [0.25, 0.3) is 0 Å². The lowest BCUT2D eigenvalue weighted by molar-refractivity contribution is 0.0963. The van der Waals surface area contributed by atoms with Crippen molar-refractivity contribution in [1.82, 2.24) is 5.32 Å². The van der Waals surface area contributed by atoms with Crippen molar-refractivity contribution < 1.29 is 9.59 Å². The van der Waals surface area contributed by atoms with Gasteiger partial charge in [0.2, 0.25) is 0 Å². The molecule has 0 spiro atoms. The maximum atomic E-state index is 12.6. The first-order chi connectivity index (χ1) is 12.1. The van der Waals surface area contributed by atoms with Crippen LogP contribution in [0.2, 0.25) is 0 Å². The van der Waals surface area contributed by atoms with Crippen LogP contribution in [0.15, 0.2) is 54.6 Å². The molecule has 1 heterocycles. The highest BCUT2D eigenvalue weighted by Gasteiger charge is 2.16. The fourth-order valence-electron chi connectivity index (χ4n) is 2.91. The highest BCUT2D eigenvalue weighted by atomic mass is 16.2. The Kier molecular flexibility index (Phi) is 4.84. The summed E-state index contributed by atoms with van der Waals surface area (Å²) in [4.78, 5) is 26.9. The van der Waals surface area contributed by atoms with Gasteiger partial charge in [0.15, 0.2) is 0 Å². The number of rotatable bonds is 4. The Morgan fingerprint density at radius 2 is 1.64 bits per heavy atom. The standard InChI is InChI=1S/C20H21N3O2/c1-14-6-5-7-17(18(14)20(25)21-2)22-19(24)15-8-10-16(11-9-15)23-12-3-4-13-23/h3-11H,12-13H2,1-2H3,(H,21,25)(H,22,24). The molecule has 1 aliphatic rings. The second-order valence-corrected chi connectivity index (χ2v) is 5.95. The van der Waals surface area contributed by atoms with Gasteiger partial charge in [-0.1, -0.05) is 24.3 Å². The number of hydrogen-bond donors (Lipinski definition) is 2. The number of amides is 2.